The first-order chi connectivity index (χ1) is 10.9. The normalized spacial score (nSPS) is 13.0. The molecule has 1 atom stereocenters. The molecule has 0 spiro atoms. The summed E-state index contributed by atoms with van der Waals surface area (Å²) >= 11 is 0. The van der Waals surface area contributed by atoms with E-state index >= 15 is 0 Å². The van der Waals surface area contributed by atoms with Gasteiger partial charge in [-0.05, 0) is 31.9 Å². The van der Waals surface area contributed by atoms with E-state index in [-0.39, 0.29) is 18.4 Å². The van der Waals surface area contributed by atoms with Crippen LogP contribution in [0.4, 0.5) is 0 Å². The highest BCUT2D eigenvalue weighted by Gasteiger charge is 2.37. The molecule has 1 unspecified atom stereocenters. The van der Waals surface area contributed by atoms with Gasteiger partial charge in [-0.1, -0.05) is 32.0 Å². The first kappa shape index (κ1) is 17.1. The van der Waals surface area contributed by atoms with Crippen molar-refractivity contribution in [1.29, 1.82) is 0 Å². The molecule has 124 valence electrons. The van der Waals surface area contributed by atoms with Gasteiger partial charge in [0.2, 0.25) is 5.91 Å². The topological polar surface area (TPSA) is 79.5 Å². The van der Waals surface area contributed by atoms with Crippen LogP contribution in [-0.4, -0.2) is 17.0 Å². The van der Waals surface area contributed by atoms with Crippen molar-refractivity contribution < 1.29 is 19.1 Å². The summed E-state index contributed by atoms with van der Waals surface area (Å²) < 4.78 is 5.73. The lowest BCUT2D eigenvalue weighted by molar-refractivity contribution is -0.152. The van der Waals surface area contributed by atoms with Gasteiger partial charge in [-0.3, -0.25) is 9.59 Å². The first-order valence-electron chi connectivity index (χ1n) is 7.93. The molecule has 2 N–H and O–H groups in total. The van der Waals surface area contributed by atoms with Gasteiger partial charge in [-0.15, -0.1) is 0 Å². The molecule has 0 aliphatic carbocycles. The molecule has 0 saturated heterocycles. The fourth-order valence-electron chi connectivity index (χ4n) is 2.76. The van der Waals surface area contributed by atoms with Gasteiger partial charge in [-0.25, -0.2) is 0 Å². The molecule has 0 aliphatic rings. The van der Waals surface area contributed by atoms with Gasteiger partial charge in [0.25, 0.3) is 0 Å². The van der Waals surface area contributed by atoms with Crippen LogP contribution in [0.5, 0.6) is 0 Å². The van der Waals surface area contributed by atoms with Crippen molar-refractivity contribution in [3.8, 4) is 0 Å². The smallest absolute Gasteiger partial charge is 0.310 e. The lowest BCUT2D eigenvalue weighted by atomic mass is 9.79. The third-order valence-corrected chi connectivity index (χ3v) is 4.56. The summed E-state index contributed by atoms with van der Waals surface area (Å²) in [5.74, 6) is -0.536. The minimum absolute atomic E-state index is 0.0279. The second kappa shape index (κ2) is 6.86. The van der Waals surface area contributed by atoms with E-state index in [2.05, 4.69) is 5.32 Å². The zero-order valence-electron chi connectivity index (χ0n) is 13.8. The highest BCUT2D eigenvalue weighted by atomic mass is 16.4. The number of para-hydroxylation sites is 1. The van der Waals surface area contributed by atoms with E-state index in [1.165, 1.54) is 0 Å². The number of hydrogen-bond acceptors (Lipinski definition) is 3. The van der Waals surface area contributed by atoms with E-state index in [0.717, 1.165) is 11.0 Å². The summed E-state index contributed by atoms with van der Waals surface area (Å²) in [5, 5.41) is 13.2. The Bertz CT molecular complexity index is 667. The summed E-state index contributed by atoms with van der Waals surface area (Å²) in [5.41, 5.74) is -0.233. The van der Waals surface area contributed by atoms with Gasteiger partial charge >= 0.3 is 5.97 Å². The monoisotopic (exact) mass is 317 g/mol. The number of nitrogens with one attached hydrogen (secondary N) is 1. The highest BCUT2D eigenvalue weighted by molar-refractivity contribution is 5.85. The second-order valence-electron chi connectivity index (χ2n) is 5.95. The van der Waals surface area contributed by atoms with Crippen LogP contribution in [0.25, 0.3) is 11.0 Å². The maximum atomic E-state index is 12.3. The van der Waals surface area contributed by atoms with E-state index in [9.17, 15) is 14.7 Å². The van der Waals surface area contributed by atoms with Crippen LogP contribution in [0.15, 0.2) is 34.7 Å². The summed E-state index contributed by atoms with van der Waals surface area (Å²) in [4.78, 5) is 23.8. The van der Waals surface area contributed by atoms with Gasteiger partial charge in [0.1, 0.15) is 11.3 Å². The molecule has 0 fully saturated rings. The van der Waals surface area contributed by atoms with Crippen LogP contribution in [0, 0.1) is 5.41 Å². The molecule has 0 radical (unpaired) electrons. The number of benzene rings is 1. The maximum Gasteiger partial charge on any atom is 0.310 e. The number of hydrogen-bond donors (Lipinski definition) is 2. The Balaban J connectivity index is 2.08. The number of carboxylic acids is 1. The average molecular weight is 317 g/mol. The van der Waals surface area contributed by atoms with Gasteiger partial charge in [0.15, 0.2) is 0 Å². The largest absolute Gasteiger partial charge is 0.481 e. The lowest BCUT2D eigenvalue weighted by Crippen LogP contribution is -2.37. The number of carbonyl (C=O) groups is 2. The Morgan fingerprint density at radius 1 is 1.26 bits per heavy atom. The highest BCUT2D eigenvalue weighted by Crippen LogP contribution is 2.31. The fourth-order valence-corrected chi connectivity index (χ4v) is 2.76. The Morgan fingerprint density at radius 2 is 1.91 bits per heavy atom. The Hall–Kier alpha value is -2.30. The van der Waals surface area contributed by atoms with Gasteiger partial charge in [0, 0.05) is 11.8 Å². The van der Waals surface area contributed by atoms with Crippen molar-refractivity contribution in [3.63, 3.8) is 0 Å². The molecule has 2 rings (SSSR count). The number of furan rings is 1. The third-order valence-electron chi connectivity index (χ3n) is 4.56. The van der Waals surface area contributed by atoms with E-state index in [0.29, 0.717) is 18.6 Å². The Labute approximate surface area is 135 Å². The van der Waals surface area contributed by atoms with Crippen LogP contribution >= 0.6 is 0 Å². The van der Waals surface area contributed by atoms with Crippen molar-refractivity contribution >= 4 is 22.8 Å². The summed E-state index contributed by atoms with van der Waals surface area (Å²) in [7, 11) is 0. The number of amides is 1. The molecule has 1 amide bonds. The molecule has 23 heavy (non-hydrogen) atoms. The zero-order valence-corrected chi connectivity index (χ0v) is 13.8. The molecule has 2 aromatic rings. The van der Waals surface area contributed by atoms with Gasteiger partial charge in [-0.2, -0.15) is 0 Å². The standard InChI is InChI=1S/C18H23NO4/c1-4-18(5-2,17(21)22)11-16(20)19-12(3)15-10-13-8-6-7-9-14(13)23-15/h6-10,12H,4-5,11H2,1-3H3,(H,19,20)(H,21,22). The average Bonchev–Trinajstić information content (AvgIpc) is 2.96. The number of carbonyl (C=O) groups excluding carboxylic acids is 1. The summed E-state index contributed by atoms with van der Waals surface area (Å²) in [6, 6.07) is 9.22. The van der Waals surface area contributed by atoms with Gasteiger partial charge < -0.3 is 14.8 Å². The fraction of sp³-hybridized carbons (Fsp3) is 0.444. The predicted octanol–water partition coefficient (Wildman–Crippen LogP) is 3.89. The zero-order chi connectivity index (χ0) is 17.0. The molecule has 1 heterocycles. The number of carboxylic acid groups (broad SMARTS) is 1. The molecule has 0 saturated carbocycles. The molecule has 5 heteroatoms. The second-order valence-corrected chi connectivity index (χ2v) is 5.95. The van der Waals surface area contributed by atoms with Crippen LogP contribution in [0.3, 0.4) is 0 Å². The molecule has 0 bridgehead atoms. The Morgan fingerprint density at radius 3 is 2.48 bits per heavy atom. The maximum absolute atomic E-state index is 12.3. The van der Waals surface area contributed by atoms with Crippen molar-refractivity contribution in [2.75, 3.05) is 0 Å². The number of aliphatic carboxylic acids is 1. The van der Waals surface area contributed by atoms with Crippen LogP contribution in [0.2, 0.25) is 0 Å². The van der Waals surface area contributed by atoms with Crippen LogP contribution in [-0.2, 0) is 9.59 Å². The molecule has 1 aromatic carbocycles. The van der Waals surface area contributed by atoms with Crippen molar-refractivity contribution in [2.45, 2.75) is 46.1 Å². The third kappa shape index (κ3) is 3.55. The molecule has 5 nitrogen and oxygen atoms in total. The minimum Gasteiger partial charge on any atom is -0.481 e. The lowest BCUT2D eigenvalue weighted by Gasteiger charge is -2.26. The minimum atomic E-state index is -1.00. The van der Waals surface area contributed by atoms with Crippen LogP contribution in [0.1, 0.15) is 51.8 Å². The van der Waals surface area contributed by atoms with Crippen molar-refractivity contribution in [1.82, 2.24) is 5.32 Å². The molecule has 0 aliphatic heterocycles. The SMILES string of the molecule is CCC(CC)(CC(=O)NC(C)c1cc2ccccc2o1)C(=O)O. The van der Waals surface area contributed by atoms with E-state index in [4.69, 9.17) is 4.42 Å². The van der Waals surface area contributed by atoms with Crippen molar-refractivity contribution in [2.24, 2.45) is 5.41 Å². The Kier molecular flexibility index (Phi) is 5.08. The quantitative estimate of drug-likeness (QED) is 0.812. The van der Waals surface area contributed by atoms with Gasteiger partial charge in [0.05, 0.1) is 11.5 Å². The van der Waals surface area contributed by atoms with E-state index < -0.39 is 11.4 Å². The predicted molar refractivity (Wildman–Crippen MR) is 88.0 cm³/mol. The summed E-state index contributed by atoms with van der Waals surface area (Å²) in [6.07, 6.45) is 0.816. The number of rotatable bonds is 7. The summed E-state index contributed by atoms with van der Waals surface area (Å²) in [6.45, 7) is 5.43. The van der Waals surface area contributed by atoms with E-state index in [1.807, 2.05) is 37.3 Å². The molecular weight excluding hydrogens is 294 g/mol. The van der Waals surface area contributed by atoms with Crippen LogP contribution < -0.4 is 5.32 Å². The first-order valence-corrected chi connectivity index (χ1v) is 7.93. The molecule has 1 aromatic heterocycles. The van der Waals surface area contributed by atoms with Crippen molar-refractivity contribution in [3.05, 3.63) is 36.1 Å². The number of fused-ring (bicyclic) bond motifs is 1. The van der Waals surface area contributed by atoms with E-state index in [1.54, 1.807) is 13.8 Å². The molecular formula is C18H23NO4.